The van der Waals surface area contributed by atoms with E-state index < -0.39 is 0 Å². The molecule has 2 heterocycles. The fourth-order valence-corrected chi connectivity index (χ4v) is 4.58. The highest BCUT2D eigenvalue weighted by Gasteiger charge is 2.30. The van der Waals surface area contributed by atoms with Crippen molar-refractivity contribution in [2.45, 2.75) is 32.6 Å². The predicted molar refractivity (Wildman–Crippen MR) is 135 cm³/mol. The Kier molecular flexibility index (Phi) is 7.46. The zero-order chi connectivity index (χ0) is 24.1. The van der Waals surface area contributed by atoms with Gasteiger partial charge >= 0.3 is 0 Å². The smallest absolute Gasteiger partial charge is 0.254 e. The molecule has 0 spiro atoms. The lowest BCUT2D eigenvalue weighted by atomic mass is 9.94. The van der Waals surface area contributed by atoms with Gasteiger partial charge in [-0.1, -0.05) is 31.5 Å². The molecule has 0 unspecified atom stereocenters. The Bertz CT molecular complexity index is 1150. The summed E-state index contributed by atoms with van der Waals surface area (Å²) in [6.07, 6.45) is 3.50. The highest BCUT2D eigenvalue weighted by molar-refractivity contribution is 6.07. The zero-order valence-electron chi connectivity index (χ0n) is 20.3. The van der Waals surface area contributed by atoms with Gasteiger partial charge in [-0.2, -0.15) is 0 Å². The van der Waals surface area contributed by atoms with Crippen molar-refractivity contribution >= 4 is 22.7 Å². The van der Waals surface area contributed by atoms with Crippen LogP contribution in [0, 0.1) is 5.92 Å². The Morgan fingerprint density at radius 2 is 1.79 bits per heavy atom. The third-order valence-corrected chi connectivity index (χ3v) is 6.69. The van der Waals surface area contributed by atoms with E-state index in [0.717, 1.165) is 47.3 Å². The predicted octanol–water partition coefficient (Wildman–Crippen LogP) is 5.02. The van der Waals surface area contributed by atoms with E-state index in [9.17, 15) is 9.59 Å². The van der Waals surface area contributed by atoms with Gasteiger partial charge in [-0.3, -0.25) is 9.59 Å². The number of amides is 2. The third kappa shape index (κ3) is 5.06. The molecular weight excluding hydrogens is 426 g/mol. The number of ether oxygens (including phenoxy) is 1. The fraction of sp³-hybridized carbons (Fsp3) is 0.393. The van der Waals surface area contributed by atoms with Crippen LogP contribution >= 0.6 is 0 Å². The molecule has 0 radical (unpaired) electrons. The molecule has 0 aliphatic carbocycles. The minimum Gasteiger partial charge on any atom is -0.497 e. The number of carbonyl (C=O) groups excluding carboxylic acids is 2. The Balaban J connectivity index is 1.55. The number of piperidine rings is 1. The van der Waals surface area contributed by atoms with Crippen LogP contribution in [0.3, 0.4) is 0 Å². The van der Waals surface area contributed by atoms with Crippen LogP contribution < -0.4 is 4.74 Å². The van der Waals surface area contributed by atoms with Crippen LogP contribution in [0.4, 0.5) is 0 Å². The van der Waals surface area contributed by atoms with Crippen molar-refractivity contribution < 1.29 is 14.3 Å². The van der Waals surface area contributed by atoms with Crippen LogP contribution in [0.25, 0.3) is 22.2 Å². The van der Waals surface area contributed by atoms with Crippen molar-refractivity contribution in [3.8, 4) is 17.0 Å². The summed E-state index contributed by atoms with van der Waals surface area (Å²) in [4.78, 5) is 35.0. The molecule has 1 aliphatic heterocycles. The standard InChI is InChI=1S/C28H33N3O3/c1-4-5-16-30(2)27(32)21-14-17-31(18-15-21)28(33)24-19-26(20-10-12-22(34-3)13-11-20)29-25-9-7-6-8-23(24)25/h6-13,19,21H,4-5,14-18H2,1-3H3. The minimum absolute atomic E-state index is 0.00130. The molecule has 178 valence electrons. The first-order valence-corrected chi connectivity index (χ1v) is 12.1. The fourth-order valence-electron chi connectivity index (χ4n) is 4.58. The van der Waals surface area contributed by atoms with Crippen LogP contribution in [-0.2, 0) is 4.79 Å². The number of nitrogens with zero attached hydrogens (tertiary/aromatic N) is 3. The Labute approximate surface area is 201 Å². The second kappa shape index (κ2) is 10.7. The quantitative estimate of drug-likeness (QED) is 0.498. The lowest BCUT2D eigenvalue weighted by Crippen LogP contribution is -2.43. The minimum atomic E-state index is -0.00468. The molecule has 1 fully saturated rings. The molecule has 1 aliphatic rings. The van der Waals surface area contributed by atoms with Gasteiger partial charge in [-0.05, 0) is 55.7 Å². The van der Waals surface area contributed by atoms with Crippen molar-refractivity contribution in [2.75, 3.05) is 33.8 Å². The maximum Gasteiger partial charge on any atom is 0.254 e. The largest absolute Gasteiger partial charge is 0.497 e. The van der Waals surface area contributed by atoms with Crippen LogP contribution in [-0.4, -0.2) is 60.4 Å². The number of hydrogen-bond donors (Lipinski definition) is 0. The monoisotopic (exact) mass is 459 g/mol. The van der Waals surface area contributed by atoms with E-state index >= 15 is 0 Å². The number of methoxy groups -OCH3 is 1. The van der Waals surface area contributed by atoms with Gasteiger partial charge in [-0.15, -0.1) is 0 Å². The van der Waals surface area contributed by atoms with E-state index in [4.69, 9.17) is 9.72 Å². The average molecular weight is 460 g/mol. The first kappa shape index (κ1) is 23.7. The second-order valence-electron chi connectivity index (χ2n) is 8.98. The summed E-state index contributed by atoms with van der Waals surface area (Å²) >= 11 is 0. The number of fused-ring (bicyclic) bond motifs is 1. The van der Waals surface area contributed by atoms with Crippen LogP contribution in [0.1, 0.15) is 43.0 Å². The molecule has 6 nitrogen and oxygen atoms in total. The lowest BCUT2D eigenvalue weighted by molar-refractivity contribution is -0.135. The van der Waals surface area contributed by atoms with Gasteiger partial charge in [0.15, 0.2) is 0 Å². The lowest BCUT2D eigenvalue weighted by Gasteiger charge is -2.33. The summed E-state index contributed by atoms with van der Waals surface area (Å²) in [6, 6.07) is 17.4. The van der Waals surface area contributed by atoms with Gasteiger partial charge in [0.05, 0.1) is 23.9 Å². The molecule has 3 aromatic rings. The van der Waals surface area contributed by atoms with Gasteiger partial charge < -0.3 is 14.5 Å². The first-order chi connectivity index (χ1) is 16.5. The number of para-hydroxylation sites is 1. The van der Waals surface area contributed by atoms with Crippen LogP contribution in [0.5, 0.6) is 5.75 Å². The third-order valence-electron chi connectivity index (χ3n) is 6.69. The first-order valence-electron chi connectivity index (χ1n) is 12.1. The summed E-state index contributed by atoms with van der Waals surface area (Å²) in [5.74, 6) is 0.976. The molecule has 0 atom stereocenters. The van der Waals surface area contributed by atoms with E-state index in [1.807, 2.05) is 71.4 Å². The number of carbonyl (C=O) groups is 2. The molecule has 2 amide bonds. The molecule has 1 saturated heterocycles. The maximum absolute atomic E-state index is 13.6. The number of pyridine rings is 1. The van der Waals surface area contributed by atoms with Gasteiger partial charge in [0.2, 0.25) is 5.91 Å². The highest BCUT2D eigenvalue weighted by atomic mass is 16.5. The SMILES string of the molecule is CCCCN(C)C(=O)C1CCN(C(=O)c2cc(-c3ccc(OC)cc3)nc3ccccc23)CC1. The normalized spacial score (nSPS) is 14.3. The van der Waals surface area contributed by atoms with Crippen molar-refractivity contribution in [2.24, 2.45) is 5.92 Å². The maximum atomic E-state index is 13.6. The highest BCUT2D eigenvalue weighted by Crippen LogP contribution is 2.28. The Morgan fingerprint density at radius 3 is 2.47 bits per heavy atom. The number of hydrogen-bond acceptors (Lipinski definition) is 4. The molecule has 4 rings (SSSR count). The van der Waals surface area contributed by atoms with Gasteiger partial charge in [0.25, 0.3) is 5.91 Å². The summed E-state index contributed by atoms with van der Waals surface area (Å²) in [5.41, 5.74) is 3.13. The zero-order valence-corrected chi connectivity index (χ0v) is 20.3. The molecule has 2 aromatic carbocycles. The number of rotatable bonds is 7. The molecule has 0 N–H and O–H groups in total. The molecular formula is C28H33N3O3. The molecule has 0 bridgehead atoms. The average Bonchev–Trinajstić information content (AvgIpc) is 2.90. The summed E-state index contributed by atoms with van der Waals surface area (Å²) in [6.45, 7) is 4.10. The second-order valence-corrected chi connectivity index (χ2v) is 8.98. The summed E-state index contributed by atoms with van der Waals surface area (Å²) in [7, 11) is 3.53. The van der Waals surface area contributed by atoms with E-state index in [1.54, 1.807) is 7.11 Å². The number of aromatic nitrogens is 1. The number of unbranched alkanes of at least 4 members (excludes halogenated alkanes) is 1. The van der Waals surface area contributed by atoms with Crippen LogP contribution in [0.15, 0.2) is 54.6 Å². The Hall–Kier alpha value is -3.41. The molecule has 0 saturated carbocycles. The molecule has 34 heavy (non-hydrogen) atoms. The number of benzene rings is 2. The van der Waals surface area contributed by atoms with E-state index in [2.05, 4.69) is 6.92 Å². The van der Waals surface area contributed by atoms with Crippen molar-refractivity contribution in [1.29, 1.82) is 0 Å². The van der Waals surface area contributed by atoms with Gasteiger partial charge in [0, 0.05) is 43.5 Å². The van der Waals surface area contributed by atoms with E-state index in [-0.39, 0.29) is 17.7 Å². The van der Waals surface area contributed by atoms with Crippen LogP contribution in [0.2, 0.25) is 0 Å². The van der Waals surface area contributed by atoms with Gasteiger partial charge in [-0.25, -0.2) is 4.98 Å². The van der Waals surface area contributed by atoms with Gasteiger partial charge in [0.1, 0.15) is 5.75 Å². The van der Waals surface area contributed by atoms with E-state index in [1.165, 1.54) is 0 Å². The van der Waals surface area contributed by atoms with Crippen molar-refractivity contribution in [3.63, 3.8) is 0 Å². The molecule has 6 heteroatoms. The molecule has 1 aromatic heterocycles. The summed E-state index contributed by atoms with van der Waals surface area (Å²) in [5, 5.41) is 0.849. The topological polar surface area (TPSA) is 62.7 Å². The van der Waals surface area contributed by atoms with E-state index in [0.29, 0.717) is 31.5 Å². The Morgan fingerprint density at radius 1 is 1.09 bits per heavy atom. The van der Waals surface area contributed by atoms with Crippen molar-refractivity contribution in [1.82, 2.24) is 14.8 Å². The summed E-state index contributed by atoms with van der Waals surface area (Å²) < 4.78 is 5.27. The number of likely N-dealkylation sites (tertiary alicyclic amines) is 1. The van der Waals surface area contributed by atoms with Crippen molar-refractivity contribution in [3.05, 3.63) is 60.2 Å².